The van der Waals surface area contributed by atoms with E-state index in [0.29, 0.717) is 5.56 Å². The number of rotatable bonds is 2. The lowest BCUT2D eigenvalue weighted by Crippen LogP contribution is -1.97. The SMILES string of the molecule is Fc1ccc(Br)cc1C(Br)c1cccc2ccccc12. The van der Waals surface area contributed by atoms with E-state index in [-0.39, 0.29) is 10.6 Å². The van der Waals surface area contributed by atoms with Gasteiger partial charge in [-0.3, -0.25) is 0 Å². The minimum Gasteiger partial charge on any atom is -0.207 e. The second kappa shape index (κ2) is 5.66. The molecule has 0 aliphatic heterocycles. The molecule has 3 heteroatoms. The van der Waals surface area contributed by atoms with Gasteiger partial charge in [0.15, 0.2) is 0 Å². The lowest BCUT2D eigenvalue weighted by molar-refractivity contribution is 0.613. The summed E-state index contributed by atoms with van der Waals surface area (Å²) in [4.78, 5) is -0.175. The topological polar surface area (TPSA) is 0 Å². The number of alkyl halides is 1. The van der Waals surface area contributed by atoms with Crippen LogP contribution in [-0.4, -0.2) is 0 Å². The van der Waals surface area contributed by atoms with Gasteiger partial charge in [0.1, 0.15) is 5.82 Å². The van der Waals surface area contributed by atoms with Crippen LogP contribution in [0.15, 0.2) is 65.1 Å². The van der Waals surface area contributed by atoms with Gasteiger partial charge in [-0.25, -0.2) is 4.39 Å². The van der Waals surface area contributed by atoms with Crippen LogP contribution in [-0.2, 0) is 0 Å². The maximum atomic E-state index is 14.1. The average molecular weight is 394 g/mol. The van der Waals surface area contributed by atoms with E-state index in [2.05, 4.69) is 50.1 Å². The number of fused-ring (bicyclic) bond motifs is 1. The molecular weight excluding hydrogens is 383 g/mol. The van der Waals surface area contributed by atoms with E-state index in [9.17, 15) is 4.39 Å². The van der Waals surface area contributed by atoms with Crippen molar-refractivity contribution in [2.75, 3.05) is 0 Å². The van der Waals surface area contributed by atoms with Gasteiger partial charge in [0.2, 0.25) is 0 Å². The summed E-state index contributed by atoms with van der Waals surface area (Å²) in [7, 11) is 0. The standard InChI is InChI=1S/C17H11Br2F/c18-12-8-9-16(20)15(10-12)17(19)14-7-3-5-11-4-1-2-6-13(11)14/h1-10,17H. The predicted octanol–water partition coefficient (Wildman–Crippen LogP) is 6.23. The molecule has 0 nitrogen and oxygen atoms in total. The predicted molar refractivity (Wildman–Crippen MR) is 88.8 cm³/mol. The summed E-state index contributed by atoms with van der Waals surface area (Å²) in [6.07, 6.45) is 0. The summed E-state index contributed by atoms with van der Waals surface area (Å²) in [5.74, 6) is -0.206. The highest BCUT2D eigenvalue weighted by molar-refractivity contribution is 9.10. The summed E-state index contributed by atoms with van der Waals surface area (Å²) < 4.78 is 14.9. The molecule has 3 rings (SSSR count). The van der Waals surface area contributed by atoms with E-state index in [1.165, 1.54) is 6.07 Å². The van der Waals surface area contributed by atoms with Crippen molar-refractivity contribution in [2.45, 2.75) is 4.83 Å². The van der Waals surface area contributed by atoms with Crippen molar-refractivity contribution < 1.29 is 4.39 Å². The summed E-state index contributed by atoms with van der Waals surface area (Å²) >= 11 is 7.04. The number of hydrogen-bond donors (Lipinski definition) is 0. The highest BCUT2D eigenvalue weighted by Gasteiger charge is 2.17. The van der Waals surface area contributed by atoms with Gasteiger partial charge >= 0.3 is 0 Å². The maximum Gasteiger partial charge on any atom is 0.127 e. The average Bonchev–Trinajstić information content (AvgIpc) is 2.48. The monoisotopic (exact) mass is 392 g/mol. The van der Waals surface area contributed by atoms with Crippen LogP contribution in [0, 0.1) is 5.82 Å². The molecular formula is C17H11Br2F. The van der Waals surface area contributed by atoms with E-state index in [4.69, 9.17) is 0 Å². The van der Waals surface area contributed by atoms with Crippen LogP contribution in [0.1, 0.15) is 16.0 Å². The maximum absolute atomic E-state index is 14.1. The molecule has 1 unspecified atom stereocenters. The van der Waals surface area contributed by atoms with Gasteiger partial charge in [-0.2, -0.15) is 0 Å². The third-order valence-electron chi connectivity index (χ3n) is 3.33. The minimum absolute atomic E-state index is 0.175. The van der Waals surface area contributed by atoms with Gasteiger partial charge in [0.25, 0.3) is 0 Å². The van der Waals surface area contributed by atoms with Gasteiger partial charge in [0, 0.05) is 10.0 Å². The Kier molecular flexibility index (Phi) is 3.90. The Labute approximate surface area is 133 Å². The lowest BCUT2D eigenvalue weighted by atomic mass is 9.98. The second-order valence-corrected chi connectivity index (χ2v) is 6.43. The highest BCUT2D eigenvalue weighted by Crippen LogP contribution is 2.37. The summed E-state index contributed by atoms with van der Waals surface area (Å²) in [6.45, 7) is 0. The smallest absolute Gasteiger partial charge is 0.127 e. The van der Waals surface area contributed by atoms with Gasteiger partial charge in [-0.1, -0.05) is 74.3 Å². The van der Waals surface area contributed by atoms with E-state index in [1.54, 1.807) is 6.07 Å². The first kappa shape index (κ1) is 13.8. The van der Waals surface area contributed by atoms with E-state index in [0.717, 1.165) is 20.8 Å². The van der Waals surface area contributed by atoms with Crippen LogP contribution < -0.4 is 0 Å². The van der Waals surface area contributed by atoms with Gasteiger partial charge in [-0.15, -0.1) is 0 Å². The molecule has 0 aromatic heterocycles. The van der Waals surface area contributed by atoms with Crippen molar-refractivity contribution in [3.63, 3.8) is 0 Å². The normalized spacial score (nSPS) is 12.6. The van der Waals surface area contributed by atoms with Gasteiger partial charge < -0.3 is 0 Å². The Morgan fingerprint density at radius 3 is 2.45 bits per heavy atom. The van der Waals surface area contributed by atoms with E-state index < -0.39 is 0 Å². The molecule has 3 aromatic carbocycles. The Balaban J connectivity index is 2.17. The zero-order chi connectivity index (χ0) is 14.1. The van der Waals surface area contributed by atoms with Crippen molar-refractivity contribution in [3.05, 3.63) is 82.1 Å². The molecule has 3 aromatic rings. The molecule has 0 aliphatic carbocycles. The van der Waals surface area contributed by atoms with Crippen molar-refractivity contribution in [2.24, 2.45) is 0 Å². The first-order valence-corrected chi connectivity index (χ1v) is 7.94. The fraction of sp³-hybridized carbons (Fsp3) is 0.0588. The zero-order valence-electron chi connectivity index (χ0n) is 10.5. The van der Waals surface area contributed by atoms with E-state index in [1.807, 2.05) is 30.3 Å². The number of hydrogen-bond acceptors (Lipinski definition) is 0. The van der Waals surface area contributed by atoms with Crippen LogP contribution >= 0.6 is 31.9 Å². The Morgan fingerprint density at radius 2 is 1.60 bits per heavy atom. The summed E-state index contributed by atoms with van der Waals surface area (Å²) in [6, 6.07) is 19.2. The molecule has 0 radical (unpaired) electrons. The van der Waals surface area contributed by atoms with Crippen molar-refractivity contribution in [1.82, 2.24) is 0 Å². The van der Waals surface area contributed by atoms with Crippen molar-refractivity contribution in [1.29, 1.82) is 0 Å². The van der Waals surface area contributed by atoms with Crippen LogP contribution in [0.4, 0.5) is 4.39 Å². The number of benzene rings is 3. The van der Waals surface area contributed by atoms with Crippen LogP contribution in [0.25, 0.3) is 10.8 Å². The van der Waals surface area contributed by atoms with Crippen molar-refractivity contribution >= 4 is 42.6 Å². The zero-order valence-corrected chi connectivity index (χ0v) is 13.7. The quantitative estimate of drug-likeness (QED) is 0.453. The molecule has 0 amide bonds. The number of halogens is 3. The molecule has 0 N–H and O–H groups in total. The van der Waals surface area contributed by atoms with Crippen LogP contribution in [0.5, 0.6) is 0 Å². The fourth-order valence-corrected chi connectivity index (χ4v) is 3.48. The van der Waals surface area contributed by atoms with Crippen molar-refractivity contribution in [3.8, 4) is 0 Å². The second-order valence-electron chi connectivity index (χ2n) is 4.60. The Morgan fingerprint density at radius 1 is 0.850 bits per heavy atom. The van der Waals surface area contributed by atoms with Crippen LogP contribution in [0.3, 0.4) is 0 Å². The Hall–Kier alpha value is -1.19. The molecule has 0 saturated heterocycles. The largest absolute Gasteiger partial charge is 0.207 e. The molecule has 0 bridgehead atoms. The molecule has 1 atom stereocenters. The molecule has 0 spiro atoms. The fourth-order valence-electron chi connectivity index (χ4n) is 2.35. The van der Waals surface area contributed by atoms with Gasteiger partial charge in [0.05, 0.1) is 4.83 Å². The van der Waals surface area contributed by atoms with Gasteiger partial charge in [-0.05, 0) is 34.5 Å². The minimum atomic E-state index is -0.206. The lowest BCUT2D eigenvalue weighted by Gasteiger charge is -2.15. The summed E-state index contributed by atoms with van der Waals surface area (Å²) in [5, 5.41) is 2.29. The molecule has 0 fully saturated rings. The molecule has 0 aliphatic rings. The third-order valence-corrected chi connectivity index (χ3v) is 4.81. The van der Waals surface area contributed by atoms with E-state index >= 15 is 0 Å². The molecule has 20 heavy (non-hydrogen) atoms. The van der Waals surface area contributed by atoms with Crippen LogP contribution in [0.2, 0.25) is 0 Å². The third kappa shape index (κ3) is 2.52. The Bertz CT molecular complexity index is 763. The molecule has 0 saturated carbocycles. The first-order chi connectivity index (χ1) is 9.66. The molecule has 0 heterocycles. The molecule has 100 valence electrons. The first-order valence-electron chi connectivity index (χ1n) is 6.23. The highest BCUT2D eigenvalue weighted by atomic mass is 79.9. The summed E-state index contributed by atoms with van der Waals surface area (Å²) in [5.41, 5.74) is 1.70.